The van der Waals surface area contributed by atoms with Crippen LogP contribution in [0.25, 0.3) is 0 Å². The third-order valence-electron chi connectivity index (χ3n) is 3.50. The van der Waals surface area contributed by atoms with E-state index in [4.69, 9.17) is 5.73 Å². The van der Waals surface area contributed by atoms with Gasteiger partial charge >= 0.3 is 6.18 Å². The second kappa shape index (κ2) is 5.21. The SMILES string of the molecule is NCC1CC(=O)NCC1c1ccc(C(F)(F)F)cc1. The Morgan fingerprint density at radius 3 is 2.42 bits per heavy atom. The Bertz CT molecular complexity index is 456. The van der Waals surface area contributed by atoms with Crippen molar-refractivity contribution in [2.24, 2.45) is 11.7 Å². The molecular formula is C13H15F3N2O. The summed E-state index contributed by atoms with van der Waals surface area (Å²) in [5.74, 6) is -0.103. The topological polar surface area (TPSA) is 55.1 Å². The fourth-order valence-corrected chi connectivity index (χ4v) is 2.40. The fraction of sp³-hybridized carbons (Fsp3) is 0.462. The molecule has 19 heavy (non-hydrogen) atoms. The smallest absolute Gasteiger partial charge is 0.355 e. The van der Waals surface area contributed by atoms with E-state index in [1.165, 1.54) is 12.1 Å². The number of rotatable bonds is 2. The van der Waals surface area contributed by atoms with Gasteiger partial charge in [0.05, 0.1) is 5.56 Å². The first-order valence-corrected chi connectivity index (χ1v) is 6.05. The van der Waals surface area contributed by atoms with E-state index in [0.717, 1.165) is 17.7 Å². The molecule has 0 aliphatic carbocycles. The molecule has 0 bridgehead atoms. The third-order valence-corrected chi connectivity index (χ3v) is 3.50. The van der Waals surface area contributed by atoms with Crippen LogP contribution in [-0.2, 0) is 11.0 Å². The van der Waals surface area contributed by atoms with E-state index >= 15 is 0 Å². The van der Waals surface area contributed by atoms with Crippen LogP contribution in [0.2, 0.25) is 0 Å². The van der Waals surface area contributed by atoms with Crippen molar-refractivity contribution in [3.05, 3.63) is 35.4 Å². The minimum atomic E-state index is -4.33. The number of alkyl halides is 3. The predicted octanol–water partition coefficient (Wildman–Crippen LogP) is 1.88. The Morgan fingerprint density at radius 1 is 1.26 bits per heavy atom. The average Bonchev–Trinajstić information content (AvgIpc) is 2.37. The lowest BCUT2D eigenvalue weighted by molar-refractivity contribution is -0.137. The number of hydrogen-bond donors (Lipinski definition) is 2. The number of halogens is 3. The highest BCUT2D eigenvalue weighted by molar-refractivity contribution is 5.77. The fourth-order valence-electron chi connectivity index (χ4n) is 2.40. The summed E-state index contributed by atoms with van der Waals surface area (Å²) in [6, 6.07) is 5.07. The van der Waals surface area contributed by atoms with E-state index in [2.05, 4.69) is 5.32 Å². The summed E-state index contributed by atoms with van der Waals surface area (Å²) in [6.07, 6.45) is -4.01. The van der Waals surface area contributed by atoms with Crippen LogP contribution in [-0.4, -0.2) is 19.0 Å². The number of piperidine rings is 1. The standard InChI is InChI=1S/C13H15F3N2O/c14-13(15,16)10-3-1-8(2-4-10)11-7-18-12(19)5-9(11)6-17/h1-4,9,11H,5-7,17H2,(H,18,19). The zero-order valence-electron chi connectivity index (χ0n) is 10.2. The second-order valence-corrected chi connectivity index (χ2v) is 4.73. The van der Waals surface area contributed by atoms with Gasteiger partial charge in [-0.15, -0.1) is 0 Å². The molecule has 0 spiro atoms. The first kappa shape index (κ1) is 13.9. The monoisotopic (exact) mass is 272 g/mol. The van der Waals surface area contributed by atoms with Gasteiger partial charge in [-0.3, -0.25) is 4.79 Å². The lowest BCUT2D eigenvalue weighted by Crippen LogP contribution is -2.42. The summed E-state index contributed by atoms with van der Waals surface area (Å²) in [6.45, 7) is 0.769. The average molecular weight is 272 g/mol. The van der Waals surface area contributed by atoms with Crippen LogP contribution >= 0.6 is 0 Å². The number of nitrogens with one attached hydrogen (secondary N) is 1. The zero-order chi connectivity index (χ0) is 14.0. The van der Waals surface area contributed by atoms with Crippen molar-refractivity contribution in [1.29, 1.82) is 0 Å². The molecule has 0 saturated carbocycles. The molecule has 0 radical (unpaired) electrons. The van der Waals surface area contributed by atoms with E-state index in [-0.39, 0.29) is 17.7 Å². The number of benzene rings is 1. The Labute approximate surface area is 109 Å². The maximum atomic E-state index is 12.5. The molecule has 1 fully saturated rings. The number of carbonyl (C=O) groups excluding carboxylic acids is 1. The summed E-state index contributed by atoms with van der Waals surface area (Å²) in [4.78, 5) is 11.3. The van der Waals surface area contributed by atoms with E-state index in [1.54, 1.807) is 0 Å². The maximum Gasteiger partial charge on any atom is 0.416 e. The van der Waals surface area contributed by atoms with Crippen molar-refractivity contribution >= 4 is 5.91 Å². The highest BCUT2D eigenvalue weighted by Crippen LogP contribution is 2.33. The van der Waals surface area contributed by atoms with E-state index < -0.39 is 11.7 Å². The summed E-state index contributed by atoms with van der Waals surface area (Å²) in [5.41, 5.74) is 5.75. The molecule has 1 aromatic carbocycles. The van der Waals surface area contributed by atoms with Crippen molar-refractivity contribution in [2.75, 3.05) is 13.1 Å². The van der Waals surface area contributed by atoms with Crippen LogP contribution in [0.5, 0.6) is 0 Å². The summed E-state index contributed by atoms with van der Waals surface area (Å²) in [7, 11) is 0. The minimum Gasteiger partial charge on any atom is -0.355 e. The summed E-state index contributed by atoms with van der Waals surface area (Å²) >= 11 is 0. The van der Waals surface area contributed by atoms with Crippen molar-refractivity contribution in [1.82, 2.24) is 5.32 Å². The van der Waals surface area contributed by atoms with Gasteiger partial charge in [0.1, 0.15) is 0 Å². The van der Waals surface area contributed by atoms with Gasteiger partial charge in [0.25, 0.3) is 0 Å². The minimum absolute atomic E-state index is 0.0227. The normalized spacial score (nSPS) is 24.1. The van der Waals surface area contributed by atoms with Crippen molar-refractivity contribution < 1.29 is 18.0 Å². The number of nitrogens with two attached hydrogens (primary N) is 1. The molecule has 104 valence electrons. The molecule has 1 heterocycles. The molecule has 3 nitrogen and oxygen atoms in total. The molecule has 1 aliphatic heterocycles. The van der Waals surface area contributed by atoms with Crippen LogP contribution in [0.4, 0.5) is 13.2 Å². The van der Waals surface area contributed by atoms with Crippen LogP contribution in [0.3, 0.4) is 0 Å². The zero-order valence-corrected chi connectivity index (χ0v) is 10.2. The van der Waals surface area contributed by atoms with Gasteiger partial charge in [0, 0.05) is 18.9 Å². The lowest BCUT2D eigenvalue weighted by atomic mass is 9.81. The maximum absolute atomic E-state index is 12.5. The third kappa shape index (κ3) is 3.07. The van der Waals surface area contributed by atoms with Crippen LogP contribution in [0, 0.1) is 5.92 Å². The van der Waals surface area contributed by atoms with E-state index in [0.29, 0.717) is 19.5 Å². The molecule has 3 N–H and O–H groups in total. The Hall–Kier alpha value is -1.56. The Balaban J connectivity index is 2.19. The quantitative estimate of drug-likeness (QED) is 0.863. The van der Waals surface area contributed by atoms with Crippen LogP contribution in [0.1, 0.15) is 23.5 Å². The van der Waals surface area contributed by atoms with Crippen LogP contribution in [0.15, 0.2) is 24.3 Å². The molecule has 1 amide bonds. The molecule has 0 aromatic heterocycles. The van der Waals surface area contributed by atoms with Crippen molar-refractivity contribution in [2.45, 2.75) is 18.5 Å². The molecule has 1 saturated heterocycles. The van der Waals surface area contributed by atoms with Gasteiger partial charge in [0.2, 0.25) is 5.91 Å². The van der Waals surface area contributed by atoms with Crippen LogP contribution < -0.4 is 11.1 Å². The van der Waals surface area contributed by atoms with Gasteiger partial charge in [-0.1, -0.05) is 12.1 Å². The van der Waals surface area contributed by atoms with Crippen molar-refractivity contribution in [3.63, 3.8) is 0 Å². The van der Waals surface area contributed by atoms with Gasteiger partial charge in [-0.25, -0.2) is 0 Å². The second-order valence-electron chi connectivity index (χ2n) is 4.73. The largest absolute Gasteiger partial charge is 0.416 e. The number of carbonyl (C=O) groups is 1. The molecule has 6 heteroatoms. The molecular weight excluding hydrogens is 257 g/mol. The predicted molar refractivity (Wildman–Crippen MR) is 64.4 cm³/mol. The highest BCUT2D eigenvalue weighted by atomic mass is 19.4. The Morgan fingerprint density at radius 2 is 1.89 bits per heavy atom. The van der Waals surface area contributed by atoms with E-state index in [9.17, 15) is 18.0 Å². The number of amides is 1. The van der Waals surface area contributed by atoms with Gasteiger partial charge in [-0.05, 0) is 30.2 Å². The Kier molecular flexibility index (Phi) is 3.80. The first-order chi connectivity index (χ1) is 8.91. The van der Waals surface area contributed by atoms with Gasteiger partial charge in [0.15, 0.2) is 0 Å². The van der Waals surface area contributed by atoms with E-state index in [1.807, 2.05) is 0 Å². The number of hydrogen-bond acceptors (Lipinski definition) is 2. The lowest BCUT2D eigenvalue weighted by Gasteiger charge is -2.31. The van der Waals surface area contributed by atoms with Crippen molar-refractivity contribution in [3.8, 4) is 0 Å². The van der Waals surface area contributed by atoms with Gasteiger partial charge < -0.3 is 11.1 Å². The molecule has 1 aromatic rings. The molecule has 2 atom stereocenters. The summed E-state index contributed by atoms with van der Waals surface area (Å²) in [5, 5.41) is 2.72. The molecule has 2 rings (SSSR count). The molecule has 2 unspecified atom stereocenters. The molecule has 1 aliphatic rings. The highest BCUT2D eigenvalue weighted by Gasteiger charge is 2.32. The first-order valence-electron chi connectivity index (χ1n) is 6.05. The van der Waals surface area contributed by atoms with Gasteiger partial charge in [-0.2, -0.15) is 13.2 Å². The summed E-state index contributed by atoms with van der Waals surface area (Å²) < 4.78 is 37.4.